The molecule has 0 spiro atoms. The van der Waals surface area contributed by atoms with Gasteiger partial charge in [-0.15, -0.1) is 11.3 Å². The van der Waals surface area contributed by atoms with E-state index in [9.17, 15) is 8.42 Å². The van der Waals surface area contributed by atoms with Crippen LogP contribution in [0.15, 0.2) is 46.0 Å². The quantitative estimate of drug-likeness (QED) is 0.670. The second kappa shape index (κ2) is 8.51. The van der Waals surface area contributed by atoms with Crippen LogP contribution in [0.3, 0.4) is 0 Å². The predicted octanol–water partition coefficient (Wildman–Crippen LogP) is 3.18. The molecule has 0 unspecified atom stereocenters. The molecule has 3 rings (SSSR count). The minimum atomic E-state index is -3.32. The second-order valence-corrected chi connectivity index (χ2v) is 9.38. The summed E-state index contributed by atoms with van der Waals surface area (Å²) >= 11 is 7.11. The zero-order chi connectivity index (χ0) is 17.7. The van der Waals surface area contributed by atoms with Gasteiger partial charge in [-0.25, -0.2) is 8.42 Å². The maximum absolute atomic E-state index is 12.5. The summed E-state index contributed by atoms with van der Waals surface area (Å²) in [6.07, 6.45) is 0.903. The number of nitrogens with zero attached hydrogens (tertiary/aromatic N) is 2. The standard InChI is InChI=1S/C17H21ClN2O3S2/c18-15-4-6-16(7-5-15)23-13-2-8-19-9-11-20(12-10-19)25(21,22)17-3-1-14-24-17/h1,3-7,14H,2,8-13H2. The van der Waals surface area contributed by atoms with Gasteiger partial charge in [-0.3, -0.25) is 0 Å². The van der Waals surface area contributed by atoms with Crippen LogP contribution in [0, 0.1) is 0 Å². The number of thiophene rings is 1. The van der Waals surface area contributed by atoms with Crippen LogP contribution in [-0.2, 0) is 10.0 Å². The fraction of sp³-hybridized carbons (Fsp3) is 0.412. The van der Waals surface area contributed by atoms with Gasteiger partial charge in [0.1, 0.15) is 9.96 Å². The number of ether oxygens (including phenoxy) is 1. The third-order valence-electron chi connectivity index (χ3n) is 4.12. The highest BCUT2D eigenvalue weighted by atomic mass is 35.5. The Labute approximate surface area is 157 Å². The molecule has 5 nitrogen and oxygen atoms in total. The zero-order valence-electron chi connectivity index (χ0n) is 13.8. The summed E-state index contributed by atoms with van der Waals surface area (Å²) in [6, 6.07) is 10.8. The van der Waals surface area contributed by atoms with Gasteiger partial charge in [-0.05, 0) is 42.1 Å². The molecular formula is C17H21ClN2O3S2. The fourth-order valence-electron chi connectivity index (χ4n) is 2.74. The molecule has 1 aromatic carbocycles. The first kappa shape index (κ1) is 18.7. The van der Waals surface area contributed by atoms with E-state index in [1.807, 2.05) is 24.3 Å². The van der Waals surface area contributed by atoms with Gasteiger partial charge in [0.25, 0.3) is 10.0 Å². The summed E-state index contributed by atoms with van der Waals surface area (Å²) in [4.78, 5) is 2.28. The van der Waals surface area contributed by atoms with Crippen molar-refractivity contribution in [2.75, 3.05) is 39.3 Å². The normalized spacial score (nSPS) is 16.8. The second-order valence-electron chi connectivity index (χ2n) is 5.83. The SMILES string of the molecule is O=S(=O)(c1cccs1)N1CCN(CCCOc2ccc(Cl)cc2)CC1. The van der Waals surface area contributed by atoms with E-state index in [0.29, 0.717) is 28.9 Å². The summed E-state index contributed by atoms with van der Waals surface area (Å²) in [6.45, 7) is 4.13. The molecule has 0 bridgehead atoms. The Hall–Kier alpha value is -1.12. The summed E-state index contributed by atoms with van der Waals surface area (Å²) in [5.41, 5.74) is 0. The van der Waals surface area contributed by atoms with Crippen LogP contribution in [0.5, 0.6) is 5.75 Å². The van der Waals surface area contributed by atoms with Crippen LogP contribution in [0.1, 0.15) is 6.42 Å². The molecule has 1 aliphatic heterocycles. The van der Waals surface area contributed by atoms with E-state index in [-0.39, 0.29) is 0 Å². The van der Waals surface area contributed by atoms with Gasteiger partial charge in [-0.1, -0.05) is 17.7 Å². The van der Waals surface area contributed by atoms with Crippen molar-refractivity contribution in [2.24, 2.45) is 0 Å². The highest BCUT2D eigenvalue weighted by Gasteiger charge is 2.28. The Morgan fingerprint density at radius 3 is 2.44 bits per heavy atom. The van der Waals surface area contributed by atoms with E-state index < -0.39 is 10.0 Å². The predicted molar refractivity (Wildman–Crippen MR) is 101 cm³/mol. The van der Waals surface area contributed by atoms with Crippen molar-refractivity contribution in [3.05, 3.63) is 46.8 Å². The van der Waals surface area contributed by atoms with E-state index in [1.165, 1.54) is 11.3 Å². The zero-order valence-corrected chi connectivity index (χ0v) is 16.2. The maximum Gasteiger partial charge on any atom is 0.252 e. The lowest BCUT2D eigenvalue weighted by Gasteiger charge is -2.33. The molecule has 136 valence electrons. The molecule has 2 aromatic rings. The molecule has 0 radical (unpaired) electrons. The minimum Gasteiger partial charge on any atom is -0.494 e. The topological polar surface area (TPSA) is 49.9 Å². The van der Waals surface area contributed by atoms with E-state index in [2.05, 4.69) is 4.90 Å². The number of hydrogen-bond donors (Lipinski definition) is 0. The molecule has 1 saturated heterocycles. The van der Waals surface area contributed by atoms with Crippen molar-refractivity contribution >= 4 is 33.0 Å². The number of halogens is 1. The molecule has 2 heterocycles. The maximum atomic E-state index is 12.5. The molecule has 0 amide bonds. The first-order valence-corrected chi connectivity index (χ1v) is 10.9. The van der Waals surface area contributed by atoms with Crippen LogP contribution in [0.25, 0.3) is 0 Å². The van der Waals surface area contributed by atoms with Gasteiger partial charge < -0.3 is 9.64 Å². The van der Waals surface area contributed by atoms with E-state index in [4.69, 9.17) is 16.3 Å². The lowest BCUT2D eigenvalue weighted by atomic mass is 10.3. The Balaban J connectivity index is 1.39. The van der Waals surface area contributed by atoms with Crippen LogP contribution < -0.4 is 4.74 Å². The highest BCUT2D eigenvalue weighted by molar-refractivity contribution is 7.91. The lowest BCUT2D eigenvalue weighted by molar-refractivity contribution is 0.175. The highest BCUT2D eigenvalue weighted by Crippen LogP contribution is 2.22. The first-order valence-electron chi connectivity index (χ1n) is 8.20. The smallest absolute Gasteiger partial charge is 0.252 e. The molecule has 1 aliphatic rings. The van der Waals surface area contributed by atoms with Gasteiger partial charge >= 0.3 is 0 Å². The Kier molecular flexibility index (Phi) is 6.35. The molecule has 0 N–H and O–H groups in total. The summed E-state index contributed by atoms with van der Waals surface area (Å²) < 4.78 is 32.7. The summed E-state index contributed by atoms with van der Waals surface area (Å²) in [5.74, 6) is 0.816. The number of rotatable bonds is 7. The average molecular weight is 401 g/mol. The minimum absolute atomic E-state index is 0.428. The van der Waals surface area contributed by atoms with Crippen molar-refractivity contribution in [3.63, 3.8) is 0 Å². The number of benzene rings is 1. The summed E-state index contributed by atoms with van der Waals surface area (Å²) in [5, 5.41) is 2.49. The largest absolute Gasteiger partial charge is 0.494 e. The first-order chi connectivity index (χ1) is 12.1. The molecule has 25 heavy (non-hydrogen) atoms. The molecule has 0 aliphatic carbocycles. The fourth-order valence-corrected chi connectivity index (χ4v) is 5.43. The molecular weight excluding hydrogens is 380 g/mol. The summed E-state index contributed by atoms with van der Waals surface area (Å²) in [7, 11) is -3.32. The average Bonchev–Trinajstić information content (AvgIpc) is 3.16. The van der Waals surface area contributed by atoms with Crippen LogP contribution in [0.4, 0.5) is 0 Å². The van der Waals surface area contributed by atoms with Crippen LogP contribution in [0.2, 0.25) is 5.02 Å². The van der Waals surface area contributed by atoms with E-state index in [0.717, 1.165) is 31.8 Å². The molecule has 8 heteroatoms. The number of piperazine rings is 1. The molecule has 1 aromatic heterocycles. The Morgan fingerprint density at radius 2 is 1.80 bits per heavy atom. The van der Waals surface area contributed by atoms with Crippen molar-refractivity contribution in [3.8, 4) is 5.75 Å². The number of sulfonamides is 1. The Morgan fingerprint density at radius 1 is 1.08 bits per heavy atom. The van der Waals surface area contributed by atoms with Crippen LogP contribution in [-0.4, -0.2) is 57.0 Å². The molecule has 0 saturated carbocycles. The monoisotopic (exact) mass is 400 g/mol. The van der Waals surface area contributed by atoms with Crippen molar-refractivity contribution in [1.29, 1.82) is 0 Å². The third-order valence-corrected chi connectivity index (χ3v) is 7.65. The van der Waals surface area contributed by atoms with Gasteiger partial charge in [0.2, 0.25) is 0 Å². The van der Waals surface area contributed by atoms with Crippen LogP contribution >= 0.6 is 22.9 Å². The number of hydrogen-bond acceptors (Lipinski definition) is 5. The van der Waals surface area contributed by atoms with Gasteiger partial charge in [0.05, 0.1) is 6.61 Å². The Bertz CT molecular complexity index is 756. The molecule has 0 atom stereocenters. The van der Waals surface area contributed by atoms with Gasteiger partial charge in [0.15, 0.2) is 0 Å². The van der Waals surface area contributed by atoms with Gasteiger partial charge in [-0.2, -0.15) is 4.31 Å². The third kappa shape index (κ3) is 4.95. The van der Waals surface area contributed by atoms with E-state index >= 15 is 0 Å². The van der Waals surface area contributed by atoms with Crippen molar-refractivity contribution in [2.45, 2.75) is 10.6 Å². The molecule has 1 fully saturated rings. The van der Waals surface area contributed by atoms with Crippen molar-refractivity contribution < 1.29 is 13.2 Å². The van der Waals surface area contributed by atoms with E-state index in [1.54, 1.807) is 21.8 Å². The van der Waals surface area contributed by atoms with Gasteiger partial charge in [0, 0.05) is 37.7 Å². The lowest BCUT2D eigenvalue weighted by Crippen LogP contribution is -2.48. The van der Waals surface area contributed by atoms with Crippen molar-refractivity contribution in [1.82, 2.24) is 9.21 Å².